The van der Waals surface area contributed by atoms with Gasteiger partial charge in [-0.1, -0.05) is 18.2 Å². The summed E-state index contributed by atoms with van der Waals surface area (Å²) < 4.78 is 10.6. The summed E-state index contributed by atoms with van der Waals surface area (Å²) in [6, 6.07) is 8.22. The zero-order chi connectivity index (χ0) is 15.0. The SMILES string of the molecule is C(=N/N1CCOCC1)/c1cccc(/C=N\N2CCOCC2)c1. The molecule has 118 valence electrons. The molecule has 2 saturated heterocycles. The van der Waals surface area contributed by atoms with Crippen molar-refractivity contribution >= 4 is 12.4 Å². The van der Waals surface area contributed by atoms with E-state index in [0.29, 0.717) is 0 Å². The molecule has 0 radical (unpaired) electrons. The van der Waals surface area contributed by atoms with E-state index in [2.05, 4.69) is 28.4 Å². The molecule has 0 aromatic heterocycles. The minimum Gasteiger partial charge on any atom is -0.378 e. The second kappa shape index (κ2) is 7.91. The number of nitrogens with zero attached hydrogens (tertiary/aromatic N) is 4. The molecule has 0 spiro atoms. The van der Waals surface area contributed by atoms with Crippen LogP contribution >= 0.6 is 0 Å². The molecule has 0 aliphatic carbocycles. The first-order chi connectivity index (χ1) is 10.9. The van der Waals surface area contributed by atoms with Crippen LogP contribution in [0.5, 0.6) is 0 Å². The highest BCUT2D eigenvalue weighted by molar-refractivity contribution is 5.85. The fraction of sp³-hybridized carbons (Fsp3) is 0.500. The number of ether oxygens (including phenoxy) is 2. The number of hydrazone groups is 2. The minimum atomic E-state index is 0.754. The molecule has 0 atom stereocenters. The van der Waals surface area contributed by atoms with Crippen molar-refractivity contribution in [1.29, 1.82) is 0 Å². The van der Waals surface area contributed by atoms with Gasteiger partial charge in [-0.15, -0.1) is 0 Å². The summed E-state index contributed by atoms with van der Waals surface area (Å²) in [5.41, 5.74) is 2.16. The van der Waals surface area contributed by atoms with Crippen molar-refractivity contribution in [2.24, 2.45) is 10.2 Å². The third-order valence-corrected chi connectivity index (χ3v) is 3.63. The molecular formula is C16H22N4O2. The molecule has 6 heteroatoms. The maximum absolute atomic E-state index is 5.31. The predicted octanol–water partition coefficient (Wildman–Crippen LogP) is 1.02. The molecule has 1 aromatic carbocycles. The Labute approximate surface area is 131 Å². The Balaban J connectivity index is 1.59. The van der Waals surface area contributed by atoms with Gasteiger partial charge >= 0.3 is 0 Å². The fourth-order valence-corrected chi connectivity index (χ4v) is 2.35. The molecule has 1 aromatic rings. The van der Waals surface area contributed by atoms with E-state index in [0.717, 1.165) is 63.7 Å². The van der Waals surface area contributed by atoms with Gasteiger partial charge in [0.2, 0.25) is 0 Å². The number of benzene rings is 1. The van der Waals surface area contributed by atoms with Crippen LogP contribution in [0.4, 0.5) is 0 Å². The van der Waals surface area contributed by atoms with Gasteiger partial charge in [0, 0.05) is 0 Å². The third-order valence-electron chi connectivity index (χ3n) is 3.63. The van der Waals surface area contributed by atoms with E-state index in [9.17, 15) is 0 Å². The Morgan fingerprint density at radius 2 is 1.23 bits per heavy atom. The summed E-state index contributed by atoms with van der Waals surface area (Å²) in [5, 5.41) is 13.1. The first-order valence-corrected chi connectivity index (χ1v) is 7.73. The first kappa shape index (κ1) is 15.0. The van der Waals surface area contributed by atoms with Crippen LogP contribution in [0.25, 0.3) is 0 Å². The topological polar surface area (TPSA) is 49.7 Å². The Morgan fingerprint density at radius 1 is 0.773 bits per heavy atom. The van der Waals surface area contributed by atoms with Crippen molar-refractivity contribution in [2.45, 2.75) is 0 Å². The van der Waals surface area contributed by atoms with Gasteiger partial charge in [-0.2, -0.15) is 10.2 Å². The molecule has 22 heavy (non-hydrogen) atoms. The first-order valence-electron chi connectivity index (χ1n) is 7.73. The molecule has 2 aliphatic rings. The smallest absolute Gasteiger partial charge is 0.0659 e. The molecule has 0 N–H and O–H groups in total. The normalized spacial score (nSPS) is 20.2. The fourth-order valence-electron chi connectivity index (χ4n) is 2.35. The predicted molar refractivity (Wildman–Crippen MR) is 86.4 cm³/mol. The summed E-state index contributed by atoms with van der Waals surface area (Å²) in [6.07, 6.45) is 3.80. The quantitative estimate of drug-likeness (QED) is 0.779. The van der Waals surface area contributed by atoms with Crippen molar-refractivity contribution in [3.63, 3.8) is 0 Å². The molecule has 0 amide bonds. The molecule has 2 fully saturated rings. The van der Waals surface area contributed by atoms with Crippen LogP contribution in [0.3, 0.4) is 0 Å². The van der Waals surface area contributed by atoms with Crippen molar-refractivity contribution in [3.8, 4) is 0 Å². The highest BCUT2D eigenvalue weighted by Crippen LogP contribution is 2.04. The van der Waals surface area contributed by atoms with Gasteiger partial charge in [0.25, 0.3) is 0 Å². The summed E-state index contributed by atoms with van der Waals surface area (Å²) in [5.74, 6) is 0. The highest BCUT2D eigenvalue weighted by Gasteiger charge is 2.07. The largest absolute Gasteiger partial charge is 0.378 e. The third kappa shape index (κ3) is 4.54. The summed E-state index contributed by atoms with van der Waals surface area (Å²) >= 11 is 0. The average molecular weight is 302 g/mol. The highest BCUT2D eigenvalue weighted by atomic mass is 16.5. The lowest BCUT2D eigenvalue weighted by molar-refractivity contribution is 0.0396. The van der Waals surface area contributed by atoms with Crippen molar-refractivity contribution in [1.82, 2.24) is 10.0 Å². The Bertz CT molecular complexity index is 477. The van der Waals surface area contributed by atoms with E-state index in [1.165, 1.54) is 0 Å². The van der Waals surface area contributed by atoms with E-state index in [4.69, 9.17) is 9.47 Å². The van der Waals surface area contributed by atoms with Crippen molar-refractivity contribution < 1.29 is 9.47 Å². The van der Waals surface area contributed by atoms with Crippen LogP contribution in [0.2, 0.25) is 0 Å². The summed E-state index contributed by atoms with van der Waals surface area (Å²) in [7, 11) is 0. The molecule has 0 saturated carbocycles. The van der Waals surface area contributed by atoms with Crippen LogP contribution in [0.1, 0.15) is 11.1 Å². The summed E-state index contributed by atoms with van der Waals surface area (Å²) in [4.78, 5) is 0. The maximum Gasteiger partial charge on any atom is 0.0659 e. The van der Waals surface area contributed by atoms with Gasteiger partial charge in [0.15, 0.2) is 0 Å². The number of rotatable bonds is 4. The van der Waals surface area contributed by atoms with Crippen LogP contribution in [0.15, 0.2) is 34.5 Å². The molecule has 6 nitrogen and oxygen atoms in total. The second-order valence-corrected chi connectivity index (χ2v) is 5.29. The molecule has 0 unspecified atom stereocenters. The Hall–Kier alpha value is -1.92. The van der Waals surface area contributed by atoms with E-state index in [1.54, 1.807) is 0 Å². The van der Waals surface area contributed by atoms with Gasteiger partial charge in [0.1, 0.15) is 0 Å². The lowest BCUT2D eigenvalue weighted by Crippen LogP contribution is -2.32. The van der Waals surface area contributed by atoms with Gasteiger partial charge in [0.05, 0.1) is 65.0 Å². The van der Waals surface area contributed by atoms with Gasteiger partial charge in [-0.3, -0.25) is 10.0 Å². The van der Waals surface area contributed by atoms with E-state index >= 15 is 0 Å². The number of morpholine rings is 2. The van der Waals surface area contributed by atoms with Crippen LogP contribution in [-0.2, 0) is 9.47 Å². The van der Waals surface area contributed by atoms with Crippen molar-refractivity contribution in [2.75, 3.05) is 52.6 Å². The van der Waals surface area contributed by atoms with Crippen LogP contribution in [0, 0.1) is 0 Å². The Morgan fingerprint density at radius 3 is 1.68 bits per heavy atom. The van der Waals surface area contributed by atoms with Gasteiger partial charge < -0.3 is 9.47 Å². The zero-order valence-electron chi connectivity index (χ0n) is 12.7. The lowest BCUT2D eigenvalue weighted by Gasteiger charge is -2.23. The van der Waals surface area contributed by atoms with Gasteiger partial charge in [-0.25, -0.2) is 0 Å². The monoisotopic (exact) mass is 302 g/mol. The number of hydrogen-bond donors (Lipinski definition) is 0. The van der Waals surface area contributed by atoms with Crippen molar-refractivity contribution in [3.05, 3.63) is 35.4 Å². The molecule has 2 aliphatic heterocycles. The summed E-state index contributed by atoms with van der Waals surface area (Å²) in [6.45, 7) is 6.44. The standard InChI is InChI=1S/C16H22N4O2/c1-2-15(13-17-19-4-8-21-9-5-19)12-16(3-1)14-18-20-6-10-22-11-7-20/h1-3,12-14H,4-11H2/b17-13-,18-14-. The molecule has 2 heterocycles. The van der Waals surface area contributed by atoms with Crippen LogP contribution in [-0.4, -0.2) is 75.1 Å². The molecule has 3 rings (SSSR count). The van der Waals surface area contributed by atoms with E-state index in [1.807, 2.05) is 28.5 Å². The van der Waals surface area contributed by atoms with E-state index in [-0.39, 0.29) is 0 Å². The number of hydrogen-bond acceptors (Lipinski definition) is 6. The zero-order valence-corrected chi connectivity index (χ0v) is 12.7. The molecular weight excluding hydrogens is 280 g/mol. The van der Waals surface area contributed by atoms with E-state index < -0.39 is 0 Å². The maximum atomic E-state index is 5.31. The lowest BCUT2D eigenvalue weighted by atomic mass is 10.1. The van der Waals surface area contributed by atoms with Gasteiger partial charge in [-0.05, 0) is 17.2 Å². The average Bonchev–Trinajstić information content (AvgIpc) is 2.60. The Kier molecular flexibility index (Phi) is 5.39. The molecule has 0 bridgehead atoms. The van der Waals surface area contributed by atoms with Crippen LogP contribution < -0.4 is 0 Å². The minimum absolute atomic E-state index is 0.754. The second-order valence-electron chi connectivity index (χ2n) is 5.29.